The SMILES string of the molecule is CCCNC(CCC)C(CC)N1CC(C)C(C)C1. The molecule has 0 radical (unpaired) electrons. The van der Waals surface area contributed by atoms with E-state index in [1.165, 1.54) is 45.3 Å². The van der Waals surface area contributed by atoms with Gasteiger partial charge in [0.1, 0.15) is 0 Å². The van der Waals surface area contributed by atoms with Gasteiger partial charge in [0.2, 0.25) is 0 Å². The van der Waals surface area contributed by atoms with Crippen molar-refractivity contribution in [2.24, 2.45) is 11.8 Å². The van der Waals surface area contributed by atoms with Gasteiger partial charge < -0.3 is 5.32 Å². The third-order valence-corrected chi connectivity index (χ3v) is 4.62. The van der Waals surface area contributed by atoms with Crippen LogP contribution in [0.3, 0.4) is 0 Å². The monoisotopic (exact) mass is 254 g/mol. The molecule has 0 spiro atoms. The van der Waals surface area contributed by atoms with Crippen molar-refractivity contribution in [3.8, 4) is 0 Å². The van der Waals surface area contributed by atoms with E-state index >= 15 is 0 Å². The van der Waals surface area contributed by atoms with Crippen molar-refractivity contribution in [3.63, 3.8) is 0 Å². The van der Waals surface area contributed by atoms with Gasteiger partial charge in [-0.3, -0.25) is 4.90 Å². The first-order chi connectivity index (χ1) is 8.63. The van der Waals surface area contributed by atoms with Crippen LogP contribution in [0.5, 0.6) is 0 Å². The lowest BCUT2D eigenvalue weighted by Crippen LogP contribution is -2.49. The van der Waals surface area contributed by atoms with Crippen molar-refractivity contribution in [2.45, 2.75) is 72.4 Å². The van der Waals surface area contributed by atoms with Gasteiger partial charge in [-0.2, -0.15) is 0 Å². The molecule has 108 valence electrons. The van der Waals surface area contributed by atoms with E-state index < -0.39 is 0 Å². The molecule has 0 bridgehead atoms. The van der Waals surface area contributed by atoms with Gasteiger partial charge in [-0.15, -0.1) is 0 Å². The van der Waals surface area contributed by atoms with E-state index in [2.05, 4.69) is 44.8 Å². The molecule has 18 heavy (non-hydrogen) atoms. The molecule has 1 rings (SSSR count). The summed E-state index contributed by atoms with van der Waals surface area (Å²) in [5.74, 6) is 1.74. The molecule has 1 N–H and O–H groups in total. The van der Waals surface area contributed by atoms with E-state index in [1.807, 2.05) is 0 Å². The topological polar surface area (TPSA) is 15.3 Å². The Morgan fingerprint density at radius 2 is 1.67 bits per heavy atom. The zero-order chi connectivity index (χ0) is 13.5. The van der Waals surface area contributed by atoms with Crippen LogP contribution in [0.15, 0.2) is 0 Å². The van der Waals surface area contributed by atoms with Crippen LogP contribution in [0, 0.1) is 11.8 Å². The second kappa shape index (κ2) is 8.16. The molecule has 1 saturated heterocycles. The van der Waals surface area contributed by atoms with Gasteiger partial charge in [-0.1, -0.05) is 41.0 Å². The van der Waals surface area contributed by atoms with E-state index in [0.717, 1.165) is 17.9 Å². The van der Waals surface area contributed by atoms with Crippen molar-refractivity contribution in [1.82, 2.24) is 10.2 Å². The number of likely N-dealkylation sites (tertiary alicyclic amines) is 1. The van der Waals surface area contributed by atoms with Crippen molar-refractivity contribution >= 4 is 0 Å². The molecule has 4 atom stereocenters. The Kier molecular flexibility index (Phi) is 7.25. The lowest BCUT2D eigenvalue weighted by Gasteiger charge is -2.35. The van der Waals surface area contributed by atoms with Gasteiger partial charge in [-0.25, -0.2) is 0 Å². The maximum atomic E-state index is 3.79. The Morgan fingerprint density at radius 3 is 2.11 bits per heavy atom. The van der Waals surface area contributed by atoms with Crippen molar-refractivity contribution in [1.29, 1.82) is 0 Å². The van der Waals surface area contributed by atoms with Gasteiger partial charge in [0.25, 0.3) is 0 Å². The Labute approximate surface area is 115 Å². The van der Waals surface area contributed by atoms with E-state index in [9.17, 15) is 0 Å². The van der Waals surface area contributed by atoms with Crippen LogP contribution in [0.4, 0.5) is 0 Å². The first-order valence-electron chi connectivity index (χ1n) is 8.11. The minimum Gasteiger partial charge on any atom is -0.312 e. The van der Waals surface area contributed by atoms with Crippen LogP contribution in [0.2, 0.25) is 0 Å². The predicted molar refractivity (Wildman–Crippen MR) is 81.0 cm³/mol. The molecule has 0 saturated carbocycles. The normalized spacial score (nSPS) is 28.5. The lowest BCUT2D eigenvalue weighted by atomic mass is 9.99. The quantitative estimate of drug-likeness (QED) is 0.713. The minimum absolute atomic E-state index is 0.692. The summed E-state index contributed by atoms with van der Waals surface area (Å²) in [6.07, 6.45) is 5.12. The van der Waals surface area contributed by atoms with Crippen LogP contribution >= 0.6 is 0 Å². The molecule has 0 aromatic carbocycles. The maximum Gasteiger partial charge on any atom is 0.0246 e. The van der Waals surface area contributed by atoms with Crippen LogP contribution < -0.4 is 5.32 Å². The van der Waals surface area contributed by atoms with Gasteiger partial charge in [-0.05, 0) is 37.6 Å². The van der Waals surface area contributed by atoms with Crippen LogP contribution in [0.25, 0.3) is 0 Å². The van der Waals surface area contributed by atoms with Crippen molar-refractivity contribution in [3.05, 3.63) is 0 Å². The van der Waals surface area contributed by atoms with Gasteiger partial charge >= 0.3 is 0 Å². The highest BCUT2D eigenvalue weighted by Crippen LogP contribution is 2.27. The molecule has 4 unspecified atom stereocenters. The summed E-state index contributed by atoms with van der Waals surface area (Å²) in [5, 5.41) is 3.79. The summed E-state index contributed by atoms with van der Waals surface area (Å²) in [6, 6.07) is 1.43. The summed E-state index contributed by atoms with van der Waals surface area (Å²) < 4.78 is 0. The molecule has 0 aliphatic carbocycles. The zero-order valence-corrected chi connectivity index (χ0v) is 13.2. The Balaban J connectivity index is 2.60. The third kappa shape index (κ3) is 4.24. The molecule has 2 heteroatoms. The van der Waals surface area contributed by atoms with Crippen LogP contribution in [-0.2, 0) is 0 Å². The number of nitrogens with zero attached hydrogens (tertiary/aromatic N) is 1. The highest BCUT2D eigenvalue weighted by molar-refractivity contribution is 4.89. The Morgan fingerprint density at radius 1 is 1.06 bits per heavy atom. The maximum absolute atomic E-state index is 3.79. The highest BCUT2D eigenvalue weighted by Gasteiger charge is 2.33. The smallest absolute Gasteiger partial charge is 0.0246 e. The van der Waals surface area contributed by atoms with Gasteiger partial charge in [0.05, 0.1) is 0 Å². The molecular formula is C16H34N2. The van der Waals surface area contributed by atoms with E-state index in [1.54, 1.807) is 0 Å². The lowest BCUT2D eigenvalue weighted by molar-refractivity contribution is 0.171. The fraction of sp³-hybridized carbons (Fsp3) is 1.00. The summed E-state index contributed by atoms with van der Waals surface area (Å²) in [6.45, 7) is 15.5. The molecule has 2 nitrogen and oxygen atoms in total. The van der Waals surface area contributed by atoms with Crippen LogP contribution in [-0.4, -0.2) is 36.6 Å². The fourth-order valence-electron chi connectivity index (χ4n) is 3.31. The fourth-order valence-corrected chi connectivity index (χ4v) is 3.31. The van der Waals surface area contributed by atoms with E-state index in [4.69, 9.17) is 0 Å². The summed E-state index contributed by atoms with van der Waals surface area (Å²) >= 11 is 0. The molecule has 0 amide bonds. The molecule has 1 fully saturated rings. The molecule has 1 heterocycles. The summed E-state index contributed by atoms with van der Waals surface area (Å²) in [7, 11) is 0. The summed E-state index contributed by atoms with van der Waals surface area (Å²) in [4.78, 5) is 2.75. The largest absolute Gasteiger partial charge is 0.312 e. The highest BCUT2D eigenvalue weighted by atomic mass is 15.2. The molecular weight excluding hydrogens is 220 g/mol. The van der Waals surface area contributed by atoms with E-state index in [0.29, 0.717) is 6.04 Å². The average Bonchev–Trinajstić information content (AvgIpc) is 2.67. The molecule has 0 aromatic rings. The Hall–Kier alpha value is -0.0800. The number of rotatable bonds is 8. The summed E-state index contributed by atoms with van der Waals surface area (Å²) in [5.41, 5.74) is 0. The van der Waals surface area contributed by atoms with E-state index in [-0.39, 0.29) is 0 Å². The predicted octanol–water partition coefficient (Wildman–Crippen LogP) is 3.52. The zero-order valence-electron chi connectivity index (χ0n) is 13.2. The van der Waals surface area contributed by atoms with Crippen LogP contribution in [0.1, 0.15) is 60.3 Å². The first-order valence-corrected chi connectivity index (χ1v) is 8.11. The first kappa shape index (κ1) is 16.0. The standard InChI is InChI=1S/C16H34N2/c1-6-9-15(17-10-7-2)16(8-3)18-11-13(4)14(5)12-18/h13-17H,6-12H2,1-5H3. The second-order valence-corrected chi connectivity index (χ2v) is 6.23. The van der Waals surface area contributed by atoms with Gasteiger partial charge in [0, 0.05) is 25.2 Å². The average molecular weight is 254 g/mol. The number of nitrogens with one attached hydrogen (secondary N) is 1. The second-order valence-electron chi connectivity index (χ2n) is 6.23. The third-order valence-electron chi connectivity index (χ3n) is 4.62. The number of hydrogen-bond acceptors (Lipinski definition) is 2. The van der Waals surface area contributed by atoms with Gasteiger partial charge in [0.15, 0.2) is 0 Å². The minimum atomic E-state index is 0.692. The molecule has 1 aliphatic heterocycles. The molecule has 0 aromatic heterocycles. The molecule has 1 aliphatic rings. The van der Waals surface area contributed by atoms with Crippen molar-refractivity contribution < 1.29 is 0 Å². The Bertz CT molecular complexity index is 207. The van der Waals surface area contributed by atoms with Crippen molar-refractivity contribution in [2.75, 3.05) is 19.6 Å². The number of hydrogen-bond donors (Lipinski definition) is 1.